The van der Waals surface area contributed by atoms with Crippen LogP contribution < -0.4 is 0 Å². The minimum atomic E-state index is -3.53. The van der Waals surface area contributed by atoms with Gasteiger partial charge in [0.2, 0.25) is 0 Å². The molecule has 0 atom stereocenters. The number of carbonyl (C=O) groups excluding carboxylic acids is 1. The van der Waals surface area contributed by atoms with Gasteiger partial charge >= 0.3 is 0 Å². The lowest BCUT2D eigenvalue weighted by Gasteiger charge is -2.02. The third-order valence-electron chi connectivity index (χ3n) is 2.22. The molecule has 1 aromatic heterocycles. The van der Waals surface area contributed by atoms with Crippen LogP contribution in [-0.4, -0.2) is 20.0 Å². The molecule has 0 aliphatic rings. The van der Waals surface area contributed by atoms with E-state index in [2.05, 4.69) is 0 Å². The number of Topliss-reactive ketones (excluding diaryl/α,β-unsaturated/α-hetero) is 1. The third-order valence-corrected chi connectivity index (χ3v) is 4.76. The van der Waals surface area contributed by atoms with Crippen LogP contribution in [0.25, 0.3) is 0 Å². The summed E-state index contributed by atoms with van der Waals surface area (Å²) in [5.74, 6) is -0.832. The van der Waals surface area contributed by atoms with Crippen molar-refractivity contribution in [1.29, 1.82) is 0 Å². The molecule has 0 spiro atoms. The Morgan fingerprint density at radius 2 is 1.76 bits per heavy atom. The van der Waals surface area contributed by atoms with Gasteiger partial charge in [-0.25, -0.2) is 8.42 Å². The standard InChI is InChI=1S/C12H10O3S2/c13-11(12-7-4-8-16-12)9-17(14,15)10-5-2-1-3-6-10/h1-8H,9H2. The van der Waals surface area contributed by atoms with Crippen molar-refractivity contribution in [2.75, 3.05) is 5.75 Å². The fraction of sp³-hybridized carbons (Fsp3) is 0.0833. The van der Waals surface area contributed by atoms with Gasteiger partial charge in [0.05, 0.1) is 9.77 Å². The normalized spacial score (nSPS) is 11.3. The van der Waals surface area contributed by atoms with Crippen LogP contribution in [0.4, 0.5) is 0 Å². The number of rotatable bonds is 4. The Kier molecular flexibility index (Phi) is 3.40. The van der Waals surface area contributed by atoms with Crippen molar-refractivity contribution in [2.45, 2.75) is 4.90 Å². The lowest BCUT2D eigenvalue weighted by atomic mass is 10.3. The van der Waals surface area contributed by atoms with Gasteiger partial charge < -0.3 is 0 Å². The van der Waals surface area contributed by atoms with Crippen molar-refractivity contribution in [3.63, 3.8) is 0 Å². The van der Waals surface area contributed by atoms with Crippen LogP contribution in [0.1, 0.15) is 9.67 Å². The van der Waals surface area contributed by atoms with Crippen LogP contribution in [0.3, 0.4) is 0 Å². The predicted molar refractivity (Wildman–Crippen MR) is 67.1 cm³/mol. The molecule has 0 saturated carbocycles. The minimum absolute atomic E-state index is 0.185. The molecule has 0 radical (unpaired) electrons. The molecule has 0 amide bonds. The van der Waals surface area contributed by atoms with Gasteiger partial charge in [0.1, 0.15) is 5.75 Å². The molecule has 5 heteroatoms. The van der Waals surface area contributed by atoms with Crippen LogP contribution >= 0.6 is 11.3 Å². The van der Waals surface area contributed by atoms with Crippen LogP contribution in [0.2, 0.25) is 0 Å². The van der Waals surface area contributed by atoms with Crippen molar-refractivity contribution in [2.24, 2.45) is 0 Å². The Bertz CT molecular complexity index is 598. The number of thiophene rings is 1. The molecular formula is C12H10O3S2. The van der Waals surface area contributed by atoms with E-state index in [0.717, 1.165) is 0 Å². The molecule has 1 heterocycles. The van der Waals surface area contributed by atoms with Gasteiger partial charge in [0, 0.05) is 0 Å². The van der Waals surface area contributed by atoms with E-state index in [0.29, 0.717) is 4.88 Å². The quantitative estimate of drug-likeness (QED) is 0.798. The Hall–Kier alpha value is -1.46. The number of ketones is 1. The molecule has 2 rings (SSSR count). The van der Waals surface area contributed by atoms with E-state index in [9.17, 15) is 13.2 Å². The second-order valence-corrected chi connectivity index (χ2v) is 6.41. The fourth-order valence-corrected chi connectivity index (χ4v) is 3.39. The molecule has 3 nitrogen and oxygen atoms in total. The summed E-state index contributed by atoms with van der Waals surface area (Å²) in [7, 11) is -3.53. The molecule has 2 aromatic rings. The van der Waals surface area contributed by atoms with E-state index in [-0.39, 0.29) is 10.7 Å². The first-order valence-electron chi connectivity index (χ1n) is 4.94. The molecule has 0 fully saturated rings. The highest BCUT2D eigenvalue weighted by molar-refractivity contribution is 7.92. The van der Waals surface area contributed by atoms with Crippen LogP contribution in [0, 0.1) is 0 Å². The Morgan fingerprint density at radius 1 is 1.06 bits per heavy atom. The van der Waals surface area contributed by atoms with Gasteiger partial charge in [0.25, 0.3) is 0 Å². The van der Waals surface area contributed by atoms with E-state index in [1.165, 1.54) is 23.5 Å². The summed E-state index contributed by atoms with van der Waals surface area (Å²) in [5, 5.41) is 1.75. The average molecular weight is 266 g/mol. The van der Waals surface area contributed by atoms with E-state index in [1.54, 1.807) is 35.7 Å². The first kappa shape index (κ1) is 12.0. The number of sulfone groups is 1. The summed E-state index contributed by atoms with van der Waals surface area (Å²) in [6.45, 7) is 0. The van der Waals surface area contributed by atoms with E-state index < -0.39 is 15.6 Å². The highest BCUT2D eigenvalue weighted by atomic mass is 32.2. The summed E-state index contributed by atoms with van der Waals surface area (Å²) in [4.78, 5) is 12.4. The van der Waals surface area contributed by atoms with E-state index in [1.807, 2.05) is 0 Å². The topological polar surface area (TPSA) is 51.2 Å². The maximum Gasteiger partial charge on any atom is 0.188 e. The van der Waals surface area contributed by atoms with Crippen molar-refractivity contribution < 1.29 is 13.2 Å². The number of hydrogen-bond donors (Lipinski definition) is 0. The zero-order valence-corrected chi connectivity index (χ0v) is 10.5. The van der Waals surface area contributed by atoms with Gasteiger partial charge in [-0.3, -0.25) is 4.79 Å². The number of carbonyl (C=O) groups is 1. The molecule has 0 N–H and O–H groups in total. The summed E-state index contributed by atoms with van der Waals surface area (Å²) in [6.07, 6.45) is 0. The molecule has 0 aliphatic heterocycles. The smallest absolute Gasteiger partial charge is 0.188 e. The van der Waals surface area contributed by atoms with E-state index >= 15 is 0 Å². The lowest BCUT2D eigenvalue weighted by Crippen LogP contribution is -2.15. The molecule has 0 unspecified atom stereocenters. The zero-order chi connectivity index (χ0) is 12.3. The van der Waals surface area contributed by atoms with Crippen molar-refractivity contribution in [1.82, 2.24) is 0 Å². The predicted octanol–water partition coefficient (Wildman–Crippen LogP) is 2.40. The molecule has 17 heavy (non-hydrogen) atoms. The highest BCUT2D eigenvalue weighted by Crippen LogP contribution is 2.15. The highest BCUT2D eigenvalue weighted by Gasteiger charge is 2.20. The van der Waals surface area contributed by atoms with Crippen molar-refractivity contribution in [3.05, 3.63) is 52.7 Å². The average Bonchev–Trinajstić information content (AvgIpc) is 2.83. The monoisotopic (exact) mass is 266 g/mol. The maximum atomic E-state index is 11.9. The van der Waals surface area contributed by atoms with Gasteiger partial charge in [-0.1, -0.05) is 24.3 Å². The third kappa shape index (κ3) is 2.81. The minimum Gasteiger partial charge on any atom is -0.292 e. The van der Waals surface area contributed by atoms with Crippen LogP contribution in [0.15, 0.2) is 52.7 Å². The SMILES string of the molecule is O=C(CS(=O)(=O)c1ccccc1)c1cccs1. The first-order valence-corrected chi connectivity index (χ1v) is 7.47. The molecule has 0 bridgehead atoms. The van der Waals surface area contributed by atoms with Crippen molar-refractivity contribution >= 4 is 27.0 Å². The number of hydrogen-bond acceptors (Lipinski definition) is 4. The van der Waals surface area contributed by atoms with E-state index in [4.69, 9.17) is 0 Å². The first-order chi connectivity index (χ1) is 8.09. The molecule has 1 aromatic carbocycles. The largest absolute Gasteiger partial charge is 0.292 e. The lowest BCUT2D eigenvalue weighted by molar-refractivity contribution is 0.102. The van der Waals surface area contributed by atoms with Gasteiger partial charge in [-0.2, -0.15) is 0 Å². The van der Waals surface area contributed by atoms with Gasteiger partial charge in [-0.15, -0.1) is 11.3 Å². The molecule has 0 saturated heterocycles. The van der Waals surface area contributed by atoms with Gasteiger partial charge in [0.15, 0.2) is 15.6 Å². The molecule has 0 aliphatic carbocycles. The molecular weight excluding hydrogens is 256 g/mol. The summed E-state index contributed by atoms with van der Waals surface area (Å²) >= 11 is 1.25. The Morgan fingerprint density at radius 3 is 2.35 bits per heavy atom. The summed E-state index contributed by atoms with van der Waals surface area (Å²) in [5.41, 5.74) is 0. The molecule has 88 valence electrons. The van der Waals surface area contributed by atoms with Crippen molar-refractivity contribution in [3.8, 4) is 0 Å². The second kappa shape index (κ2) is 4.81. The van der Waals surface area contributed by atoms with Crippen LogP contribution in [0.5, 0.6) is 0 Å². The maximum absolute atomic E-state index is 11.9. The Balaban J connectivity index is 2.22. The van der Waals surface area contributed by atoms with Gasteiger partial charge in [-0.05, 0) is 23.6 Å². The van der Waals surface area contributed by atoms with Crippen LogP contribution in [-0.2, 0) is 9.84 Å². The summed E-state index contributed by atoms with van der Waals surface area (Å²) in [6, 6.07) is 11.4. The summed E-state index contributed by atoms with van der Waals surface area (Å²) < 4.78 is 23.8. The Labute approximate surface area is 104 Å². The zero-order valence-electron chi connectivity index (χ0n) is 8.87. The fourth-order valence-electron chi connectivity index (χ4n) is 1.39. The number of benzene rings is 1. The second-order valence-electron chi connectivity index (χ2n) is 3.47.